The highest BCUT2D eigenvalue weighted by Gasteiger charge is 2.26. The maximum Gasteiger partial charge on any atom is 0.282 e. The van der Waals surface area contributed by atoms with Crippen molar-refractivity contribution in [3.63, 3.8) is 0 Å². The van der Waals surface area contributed by atoms with Crippen molar-refractivity contribution in [1.82, 2.24) is 4.90 Å². The minimum atomic E-state index is 0.953. The summed E-state index contributed by atoms with van der Waals surface area (Å²) in [5.74, 6) is 1.23. The first-order chi connectivity index (χ1) is 17.6. The largest absolute Gasteiger partial charge is 0.338 e. The molecule has 0 radical (unpaired) electrons. The van der Waals surface area contributed by atoms with Crippen LogP contribution in [0.3, 0.4) is 0 Å². The van der Waals surface area contributed by atoms with Crippen molar-refractivity contribution in [2.75, 3.05) is 50.6 Å². The standard InChI is InChI=1S/C31H35N4S/c1-5-34(21-13-20-32(2)3)30-22-24(23-31-33(4)28-18-11-12-19-29(28)36-31)26-16-9-10-17-27(26)35(30)25-14-7-6-8-15-25/h6-12,14-19,22-23H,5,13,20-21H2,1-4H3/q+1. The second-order valence-corrected chi connectivity index (χ2v) is 10.6. The minimum absolute atomic E-state index is 0.953. The molecule has 184 valence electrons. The third-order valence-corrected chi connectivity index (χ3v) is 7.94. The van der Waals surface area contributed by atoms with Crippen molar-refractivity contribution in [3.8, 4) is 5.69 Å². The second-order valence-electron chi connectivity index (χ2n) is 9.49. The van der Waals surface area contributed by atoms with Crippen LogP contribution < -0.4 is 14.4 Å². The van der Waals surface area contributed by atoms with Crippen molar-refractivity contribution in [3.05, 3.63) is 95.5 Å². The van der Waals surface area contributed by atoms with E-state index in [1.165, 1.54) is 43.6 Å². The van der Waals surface area contributed by atoms with Gasteiger partial charge < -0.3 is 9.80 Å². The molecule has 0 atom stereocenters. The van der Waals surface area contributed by atoms with E-state index in [-0.39, 0.29) is 0 Å². The maximum absolute atomic E-state index is 2.52. The SMILES string of the molecule is CCN(CCCN(C)C)c1cc(/C=C2/Sc3ccccc3N2C)c2ccccc2[n+]1-c1ccccc1. The molecule has 5 heteroatoms. The lowest BCUT2D eigenvalue weighted by atomic mass is 10.1. The summed E-state index contributed by atoms with van der Waals surface area (Å²) in [4.78, 5) is 8.40. The topological polar surface area (TPSA) is 13.6 Å². The van der Waals surface area contributed by atoms with Crippen molar-refractivity contribution in [1.29, 1.82) is 0 Å². The van der Waals surface area contributed by atoms with Gasteiger partial charge in [-0.05, 0) is 69.4 Å². The van der Waals surface area contributed by atoms with E-state index in [2.05, 4.69) is 138 Å². The molecule has 0 saturated carbocycles. The summed E-state index contributed by atoms with van der Waals surface area (Å²) >= 11 is 1.85. The highest BCUT2D eigenvalue weighted by molar-refractivity contribution is 8.03. The van der Waals surface area contributed by atoms with Crippen LogP contribution in [0, 0.1) is 0 Å². The summed E-state index contributed by atoms with van der Waals surface area (Å²) in [6, 6.07) is 30.6. The van der Waals surface area contributed by atoms with Gasteiger partial charge in [-0.3, -0.25) is 4.90 Å². The quantitative estimate of drug-likeness (QED) is 0.261. The molecule has 4 nitrogen and oxygen atoms in total. The van der Waals surface area contributed by atoms with E-state index in [9.17, 15) is 0 Å². The van der Waals surface area contributed by atoms with E-state index >= 15 is 0 Å². The third kappa shape index (κ3) is 4.86. The van der Waals surface area contributed by atoms with E-state index in [4.69, 9.17) is 0 Å². The summed E-state index contributed by atoms with van der Waals surface area (Å²) in [6.45, 7) is 5.30. The van der Waals surface area contributed by atoms with Crippen LogP contribution in [0.15, 0.2) is 94.9 Å². The molecular weight excluding hydrogens is 460 g/mol. The van der Waals surface area contributed by atoms with Gasteiger partial charge in [0.15, 0.2) is 0 Å². The fourth-order valence-electron chi connectivity index (χ4n) is 4.91. The molecule has 0 spiro atoms. The average Bonchev–Trinajstić information content (AvgIpc) is 3.22. The van der Waals surface area contributed by atoms with Gasteiger partial charge in [0.25, 0.3) is 5.82 Å². The first-order valence-corrected chi connectivity index (χ1v) is 13.5. The molecule has 1 aliphatic rings. The Hall–Kier alpha value is -3.28. The van der Waals surface area contributed by atoms with Crippen LogP contribution >= 0.6 is 11.8 Å². The molecule has 2 heterocycles. The van der Waals surface area contributed by atoms with Gasteiger partial charge in [0.2, 0.25) is 0 Å². The Morgan fingerprint density at radius 2 is 1.61 bits per heavy atom. The molecule has 3 aromatic carbocycles. The predicted molar refractivity (Wildman–Crippen MR) is 155 cm³/mol. The molecule has 4 aromatic rings. The van der Waals surface area contributed by atoms with Crippen molar-refractivity contribution >= 4 is 40.2 Å². The van der Waals surface area contributed by atoms with Crippen LogP contribution in [-0.4, -0.2) is 45.7 Å². The smallest absolute Gasteiger partial charge is 0.282 e. The van der Waals surface area contributed by atoms with Gasteiger partial charge in [0, 0.05) is 29.9 Å². The molecule has 5 rings (SSSR count). The van der Waals surface area contributed by atoms with Crippen LogP contribution in [0.4, 0.5) is 11.5 Å². The van der Waals surface area contributed by atoms with Gasteiger partial charge in [-0.25, -0.2) is 0 Å². The number of aromatic nitrogens is 1. The third-order valence-electron chi connectivity index (χ3n) is 6.77. The molecule has 0 bridgehead atoms. The normalized spacial score (nSPS) is 14.1. The Kier molecular flexibility index (Phi) is 7.30. The molecular formula is C31H35N4S+. The molecule has 0 unspecified atom stereocenters. The molecule has 0 N–H and O–H groups in total. The Morgan fingerprint density at radius 1 is 0.889 bits per heavy atom. The summed E-state index contributed by atoms with van der Waals surface area (Å²) in [5, 5.41) is 2.51. The van der Waals surface area contributed by atoms with Gasteiger partial charge in [-0.15, -0.1) is 0 Å². The zero-order valence-electron chi connectivity index (χ0n) is 21.7. The van der Waals surface area contributed by atoms with Gasteiger partial charge in [-0.2, -0.15) is 4.57 Å². The number of anilines is 2. The van der Waals surface area contributed by atoms with Gasteiger partial charge in [0.1, 0.15) is 11.2 Å². The Labute approximate surface area is 219 Å². The molecule has 0 fully saturated rings. The zero-order chi connectivity index (χ0) is 25.1. The lowest BCUT2D eigenvalue weighted by Gasteiger charge is -2.22. The van der Waals surface area contributed by atoms with E-state index in [1.807, 2.05) is 11.8 Å². The first-order valence-electron chi connectivity index (χ1n) is 12.7. The Morgan fingerprint density at radius 3 is 2.36 bits per heavy atom. The first kappa shape index (κ1) is 24.4. The van der Waals surface area contributed by atoms with Gasteiger partial charge >= 0.3 is 0 Å². The van der Waals surface area contributed by atoms with E-state index < -0.39 is 0 Å². The summed E-state index contributed by atoms with van der Waals surface area (Å²) in [7, 11) is 6.46. The Balaban J connectivity index is 1.68. The summed E-state index contributed by atoms with van der Waals surface area (Å²) < 4.78 is 2.43. The molecule has 1 aromatic heterocycles. The second kappa shape index (κ2) is 10.8. The molecule has 36 heavy (non-hydrogen) atoms. The van der Waals surface area contributed by atoms with E-state index in [1.54, 1.807) is 0 Å². The summed E-state index contributed by atoms with van der Waals surface area (Å²) in [6.07, 6.45) is 3.48. The number of thioether (sulfide) groups is 1. The fourth-order valence-corrected chi connectivity index (χ4v) is 6.01. The number of nitrogens with zero attached hydrogens (tertiary/aromatic N) is 4. The number of para-hydroxylation sites is 3. The van der Waals surface area contributed by atoms with Gasteiger partial charge in [-0.1, -0.05) is 60.3 Å². The fraction of sp³-hybridized carbons (Fsp3) is 0.258. The number of pyridine rings is 1. The van der Waals surface area contributed by atoms with E-state index in [0.717, 1.165) is 26.1 Å². The predicted octanol–water partition coefficient (Wildman–Crippen LogP) is 6.44. The molecule has 1 aliphatic heterocycles. The monoisotopic (exact) mass is 495 g/mol. The number of benzene rings is 3. The zero-order valence-corrected chi connectivity index (χ0v) is 22.5. The minimum Gasteiger partial charge on any atom is -0.338 e. The lowest BCUT2D eigenvalue weighted by molar-refractivity contribution is -0.553. The van der Waals surface area contributed by atoms with Crippen LogP contribution in [0.25, 0.3) is 22.7 Å². The number of rotatable bonds is 8. The Bertz CT molecular complexity index is 1380. The van der Waals surface area contributed by atoms with Crippen molar-refractivity contribution < 1.29 is 4.57 Å². The van der Waals surface area contributed by atoms with Crippen LogP contribution in [-0.2, 0) is 0 Å². The molecule has 0 aliphatic carbocycles. The number of hydrogen-bond acceptors (Lipinski definition) is 4. The van der Waals surface area contributed by atoms with Crippen LogP contribution in [0.2, 0.25) is 0 Å². The number of hydrogen-bond donors (Lipinski definition) is 0. The molecule has 0 amide bonds. The van der Waals surface area contributed by atoms with Crippen LogP contribution in [0.5, 0.6) is 0 Å². The van der Waals surface area contributed by atoms with Gasteiger partial charge in [0.05, 0.1) is 23.8 Å². The van der Waals surface area contributed by atoms with Crippen molar-refractivity contribution in [2.24, 2.45) is 0 Å². The molecule has 0 saturated heterocycles. The van der Waals surface area contributed by atoms with Crippen molar-refractivity contribution in [2.45, 2.75) is 18.2 Å². The highest BCUT2D eigenvalue weighted by atomic mass is 32.2. The van der Waals surface area contributed by atoms with Crippen LogP contribution in [0.1, 0.15) is 18.9 Å². The summed E-state index contributed by atoms with van der Waals surface area (Å²) in [5.41, 5.74) is 4.93. The maximum atomic E-state index is 2.52. The number of fused-ring (bicyclic) bond motifs is 2. The lowest BCUT2D eigenvalue weighted by Crippen LogP contribution is -2.42. The van der Waals surface area contributed by atoms with E-state index in [0.29, 0.717) is 0 Å². The highest BCUT2D eigenvalue weighted by Crippen LogP contribution is 2.45. The average molecular weight is 496 g/mol.